The fourth-order valence-corrected chi connectivity index (χ4v) is 1.25. The largest absolute Gasteiger partial charge is 0.508 e. The zero-order valence-electron chi connectivity index (χ0n) is 7.27. The smallest absolute Gasteiger partial charge is 0.250 e. The van der Waals surface area contributed by atoms with Crippen molar-refractivity contribution in [1.82, 2.24) is 4.98 Å². The predicted molar refractivity (Wildman–Crippen MR) is 51.9 cm³/mol. The van der Waals surface area contributed by atoms with Crippen molar-refractivity contribution >= 4 is 16.8 Å². The van der Waals surface area contributed by atoms with Crippen LogP contribution >= 0.6 is 0 Å². The number of benzene rings is 1. The van der Waals surface area contributed by atoms with E-state index < -0.39 is 5.91 Å². The average molecular weight is 188 g/mol. The van der Waals surface area contributed by atoms with Crippen molar-refractivity contribution < 1.29 is 9.90 Å². The van der Waals surface area contributed by atoms with Gasteiger partial charge in [0.1, 0.15) is 5.75 Å². The number of phenols is 1. The Labute approximate surface area is 80.0 Å². The number of carbonyl (C=O) groups excluding carboxylic acids is 1. The molecule has 2 aromatic rings. The molecule has 1 amide bonds. The van der Waals surface area contributed by atoms with E-state index in [2.05, 4.69) is 4.98 Å². The lowest BCUT2D eigenvalue weighted by Crippen LogP contribution is -2.10. The number of phenolic OH excluding ortho intramolecular Hbond substituents is 1. The number of carbonyl (C=O) groups is 1. The molecule has 70 valence electrons. The number of primary amides is 1. The first-order chi connectivity index (χ1) is 6.66. The standard InChI is InChI=1S/C10H8N2O2/c11-10(14)7-3-6-4-8(13)1-2-9(6)12-5-7/h1-5,13H,(H2,11,14). The summed E-state index contributed by atoms with van der Waals surface area (Å²) in [6.45, 7) is 0. The maximum Gasteiger partial charge on any atom is 0.250 e. The van der Waals surface area contributed by atoms with Crippen LogP contribution in [-0.2, 0) is 0 Å². The summed E-state index contributed by atoms with van der Waals surface area (Å²) in [6, 6.07) is 6.36. The van der Waals surface area contributed by atoms with E-state index in [0.717, 1.165) is 0 Å². The van der Waals surface area contributed by atoms with E-state index in [-0.39, 0.29) is 5.75 Å². The van der Waals surface area contributed by atoms with E-state index in [0.29, 0.717) is 16.5 Å². The molecule has 4 nitrogen and oxygen atoms in total. The van der Waals surface area contributed by atoms with Gasteiger partial charge >= 0.3 is 0 Å². The molecular formula is C10H8N2O2. The second-order valence-corrected chi connectivity index (χ2v) is 2.97. The van der Waals surface area contributed by atoms with Crippen LogP contribution in [0.2, 0.25) is 0 Å². The van der Waals surface area contributed by atoms with Crippen molar-refractivity contribution in [1.29, 1.82) is 0 Å². The van der Waals surface area contributed by atoms with Gasteiger partial charge in [-0.15, -0.1) is 0 Å². The van der Waals surface area contributed by atoms with Gasteiger partial charge in [-0.2, -0.15) is 0 Å². The van der Waals surface area contributed by atoms with Crippen molar-refractivity contribution in [2.24, 2.45) is 5.73 Å². The molecule has 0 saturated heterocycles. The molecule has 14 heavy (non-hydrogen) atoms. The quantitative estimate of drug-likeness (QED) is 0.701. The number of rotatable bonds is 1. The molecule has 1 aromatic heterocycles. The van der Waals surface area contributed by atoms with Crippen LogP contribution in [0.3, 0.4) is 0 Å². The molecule has 0 aliphatic carbocycles. The Morgan fingerprint density at radius 2 is 2.14 bits per heavy atom. The molecule has 0 bridgehead atoms. The predicted octanol–water partition coefficient (Wildman–Crippen LogP) is 1.04. The number of aromatic nitrogens is 1. The minimum absolute atomic E-state index is 0.140. The summed E-state index contributed by atoms with van der Waals surface area (Å²) in [5.41, 5.74) is 6.15. The van der Waals surface area contributed by atoms with Gasteiger partial charge in [-0.1, -0.05) is 0 Å². The lowest BCUT2D eigenvalue weighted by molar-refractivity contribution is 0.1000. The highest BCUT2D eigenvalue weighted by atomic mass is 16.3. The van der Waals surface area contributed by atoms with Gasteiger partial charge < -0.3 is 10.8 Å². The molecule has 1 heterocycles. The number of fused-ring (bicyclic) bond motifs is 1. The summed E-state index contributed by atoms with van der Waals surface area (Å²) in [4.78, 5) is 14.9. The summed E-state index contributed by atoms with van der Waals surface area (Å²) in [5.74, 6) is -0.385. The third-order valence-corrected chi connectivity index (χ3v) is 1.95. The number of hydrogen-bond donors (Lipinski definition) is 2. The molecule has 0 radical (unpaired) electrons. The number of aromatic hydroxyl groups is 1. The minimum Gasteiger partial charge on any atom is -0.508 e. The van der Waals surface area contributed by atoms with E-state index in [1.165, 1.54) is 12.3 Å². The first kappa shape index (κ1) is 8.50. The Morgan fingerprint density at radius 1 is 1.36 bits per heavy atom. The Bertz CT molecular complexity index is 508. The van der Waals surface area contributed by atoms with Crippen LogP contribution in [-0.4, -0.2) is 16.0 Å². The summed E-state index contributed by atoms with van der Waals surface area (Å²) in [7, 11) is 0. The minimum atomic E-state index is -0.525. The van der Waals surface area contributed by atoms with Gasteiger partial charge in [0.05, 0.1) is 11.1 Å². The van der Waals surface area contributed by atoms with Crippen LogP contribution in [0.4, 0.5) is 0 Å². The lowest BCUT2D eigenvalue weighted by atomic mass is 10.1. The molecular weight excluding hydrogens is 180 g/mol. The normalized spacial score (nSPS) is 10.3. The van der Waals surface area contributed by atoms with Gasteiger partial charge in [0.25, 0.3) is 0 Å². The van der Waals surface area contributed by atoms with E-state index in [1.807, 2.05) is 0 Å². The van der Waals surface area contributed by atoms with E-state index >= 15 is 0 Å². The molecule has 0 spiro atoms. The highest BCUT2D eigenvalue weighted by molar-refractivity contribution is 5.96. The number of nitrogens with two attached hydrogens (primary N) is 1. The summed E-state index contributed by atoms with van der Waals surface area (Å²) in [6.07, 6.45) is 1.42. The number of pyridine rings is 1. The third-order valence-electron chi connectivity index (χ3n) is 1.95. The highest BCUT2D eigenvalue weighted by Gasteiger charge is 2.02. The van der Waals surface area contributed by atoms with Crippen molar-refractivity contribution in [3.63, 3.8) is 0 Å². The van der Waals surface area contributed by atoms with Crippen LogP contribution in [0.15, 0.2) is 30.5 Å². The molecule has 0 saturated carbocycles. The van der Waals surface area contributed by atoms with Gasteiger partial charge in [-0.05, 0) is 24.3 Å². The van der Waals surface area contributed by atoms with Crippen molar-refractivity contribution in [2.45, 2.75) is 0 Å². The zero-order valence-corrected chi connectivity index (χ0v) is 7.27. The average Bonchev–Trinajstić information content (AvgIpc) is 2.16. The molecule has 1 aromatic carbocycles. The highest BCUT2D eigenvalue weighted by Crippen LogP contribution is 2.18. The van der Waals surface area contributed by atoms with Crippen molar-refractivity contribution in [3.8, 4) is 5.75 Å². The first-order valence-electron chi connectivity index (χ1n) is 4.05. The number of amides is 1. The third kappa shape index (κ3) is 1.37. The Balaban J connectivity index is 2.69. The van der Waals surface area contributed by atoms with E-state index in [1.54, 1.807) is 18.2 Å². The zero-order chi connectivity index (χ0) is 10.1. The molecule has 4 heteroatoms. The van der Waals surface area contributed by atoms with Gasteiger partial charge in [0, 0.05) is 11.6 Å². The topological polar surface area (TPSA) is 76.2 Å². The van der Waals surface area contributed by atoms with E-state index in [4.69, 9.17) is 5.73 Å². The summed E-state index contributed by atoms with van der Waals surface area (Å²) >= 11 is 0. The first-order valence-corrected chi connectivity index (χ1v) is 4.05. The molecule has 0 fully saturated rings. The van der Waals surface area contributed by atoms with E-state index in [9.17, 15) is 9.90 Å². The lowest BCUT2D eigenvalue weighted by Gasteiger charge is -1.99. The van der Waals surface area contributed by atoms with Crippen LogP contribution in [0.1, 0.15) is 10.4 Å². The van der Waals surface area contributed by atoms with Gasteiger partial charge in [0.2, 0.25) is 5.91 Å². The molecule has 0 aliphatic rings. The van der Waals surface area contributed by atoms with Crippen molar-refractivity contribution in [3.05, 3.63) is 36.0 Å². The van der Waals surface area contributed by atoms with Crippen LogP contribution < -0.4 is 5.73 Å². The second kappa shape index (κ2) is 2.99. The number of hydrogen-bond acceptors (Lipinski definition) is 3. The fraction of sp³-hybridized carbons (Fsp3) is 0. The van der Waals surface area contributed by atoms with Crippen LogP contribution in [0.5, 0.6) is 5.75 Å². The summed E-state index contributed by atoms with van der Waals surface area (Å²) < 4.78 is 0. The monoisotopic (exact) mass is 188 g/mol. The molecule has 0 unspecified atom stereocenters. The molecule has 0 atom stereocenters. The van der Waals surface area contributed by atoms with Crippen LogP contribution in [0.25, 0.3) is 10.9 Å². The van der Waals surface area contributed by atoms with Gasteiger partial charge in [-0.25, -0.2) is 0 Å². The number of nitrogens with zero attached hydrogens (tertiary/aromatic N) is 1. The molecule has 2 rings (SSSR count). The summed E-state index contributed by atoms with van der Waals surface area (Å²) in [5, 5.41) is 9.91. The van der Waals surface area contributed by atoms with Crippen molar-refractivity contribution in [2.75, 3.05) is 0 Å². The Kier molecular flexibility index (Phi) is 1.81. The van der Waals surface area contributed by atoms with Gasteiger partial charge in [-0.3, -0.25) is 9.78 Å². The second-order valence-electron chi connectivity index (χ2n) is 2.97. The van der Waals surface area contributed by atoms with Crippen LogP contribution in [0, 0.1) is 0 Å². The Morgan fingerprint density at radius 3 is 2.86 bits per heavy atom. The maximum atomic E-state index is 10.8. The van der Waals surface area contributed by atoms with Gasteiger partial charge in [0.15, 0.2) is 0 Å². The maximum absolute atomic E-state index is 10.8. The molecule has 3 N–H and O–H groups in total. The fourth-order valence-electron chi connectivity index (χ4n) is 1.25. The molecule has 0 aliphatic heterocycles. The SMILES string of the molecule is NC(=O)c1cnc2ccc(O)cc2c1. The Hall–Kier alpha value is -2.10.